The molecule has 1 rings (SSSR count). The van der Waals surface area contributed by atoms with Crippen LogP contribution in [0.3, 0.4) is 0 Å². The smallest absolute Gasteiger partial charge is 0.211 e. The van der Waals surface area contributed by atoms with Crippen LogP contribution < -0.4 is 16.8 Å². The van der Waals surface area contributed by atoms with Crippen molar-refractivity contribution in [2.75, 3.05) is 12.4 Å². The van der Waals surface area contributed by atoms with E-state index in [0.717, 1.165) is 5.69 Å². The van der Waals surface area contributed by atoms with Gasteiger partial charge in [0.2, 0.25) is 5.96 Å². The summed E-state index contributed by atoms with van der Waals surface area (Å²) in [5, 5.41) is 19.5. The molecule has 0 amide bonds. The number of nitrogens with one attached hydrogen (secondary N) is 1. The van der Waals surface area contributed by atoms with Gasteiger partial charge in [-0.05, 0) is 12.1 Å². The zero-order chi connectivity index (χ0) is 11.3. The van der Waals surface area contributed by atoms with Crippen molar-refractivity contribution in [1.29, 1.82) is 0 Å². The van der Waals surface area contributed by atoms with E-state index in [-0.39, 0.29) is 11.7 Å². The number of benzene rings is 1. The summed E-state index contributed by atoms with van der Waals surface area (Å²) in [4.78, 5) is 0. The fourth-order valence-corrected chi connectivity index (χ4v) is 1.06. The van der Waals surface area contributed by atoms with Gasteiger partial charge in [0.25, 0.3) is 0 Å². The molecule has 0 unspecified atom stereocenters. The van der Waals surface area contributed by atoms with Gasteiger partial charge in [-0.3, -0.25) is 0 Å². The van der Waals surface area contributed by atoms with Gasteiger partial charge in [0.1, 0.15) is 5.75 Å². The van der Waals surface area contributed by atoms with Crippen LogP contribution in [-0.4, -0.2) is 24.3 Å². The van der Waals surface area contributed by atoms with E-state index in [1.165, 1.54) is 6.21 Å². The first-order valence-electron chi connectivity index (χ1n) is 4.27. The molecule has 6 nitrogen and oxygen atoms in total. The number of nitrogens with zero attached hydrogens (tertiary/aromatic N) is 2. The van der Waals surface area contributed by atoms with E-state index in [1.807, 2.05) is 0 Å². The van der Waals surface area contributed by atoms with Crippen LogP contribution in [0.1, 0.15) is 5.56 Å². The largest absolute Gasteiger partial charge is 0.507 e. The zero-order valence-corrected chi connectivity index (χ0v) is 8.31. The molecule has 0 bridgehead atoms. The third kappa shape index (κ3) is 2.87. The van der Waals surface area contributed by atoms with Crippen molar-refractivity contribution in [2.45, 2.75) is 0 Å². The summed E-state index contributed by atoms with van der Waals surface area (Å²) in [6, 6.07) is 5.08. The van der Waals surface area contributed by atoms with Gasteiger partial charge in [-0.15, -0.1) is 5.10 Å². The van der Waals surface area contributed by atoms with Gasteiger partial charge in [0.05, 0.1) is 11.8 Å². The minimum atomic E-state index is -0.132. The highest BCUT2D eigenvalue weighted by Crippen LogP contribution is 2.22. The Bertz CT molecular complexity index is 395. The summed E-state index contributed by atoms with van der Waals surface area (Å²) in [7, 11) is 1.74. The number of nitrogens with two attached hydrogens (primary N) is 2. The van der Waals surface area contributed by atoms with E-state index < -0.39 is 0 Å². The van der Waals surface area contributed by atoms with E-state index in [4.69, 9.17) is 11.5 Å². The molecule has 6 N–H and O–H groups in total. The lowest BCUT2D eigenvalue weighted by Gasteiger charge is -2.05. The molecule has 15 heavy (non-hydrogen) atoms. The second kappa shape index (κ2) is 4.85. The van der Waals surface area contributed by atoms with Crippen LogP contribution in [0.5, 0.6) is 5.75 Å². The first-order chi connectivity index (χ1) is 7.15. The second-order valence-corrected chi connectivity index (χ2v) is 2.76. The molecule has 0 atom stereocenters. The molecule has 0 aromatic heterocycles. The highest BCUT2D eigenvalue weighted by atomic mass is 16.3. The monoisotopic (exact) mass is 207 g/mol. The maximum atomic E-state index is 9.55. The summed E-state index contributed by atoms with van der Waals surface area (Å²) < 4.78 is 0. The minimum Gasteiger partial charge on any atom is -0.507 e. The number of hydrogen-bond donors (Lipinski definition) is 4. The maximum Gasteiger partial charge on any atom is 0.211 e. The number of rotatable bonds is 3. The van der Waals surface area contributed by atoms with Crippen LogP contribution in [-0.2, 0) is 0 Å². The summed E-state index contributed by atoms with van der Waals surface area (Å²) in [5.74, 6) is -0.0240. The summed E-state index contributed by atoms with van der Waals surface area (Å²) in [6.45, 7) is 0. The molecule has 0 saturated heterocycles. The number of guanidine groups is 1. The van der Waals surface area contributed by atoms with Crippen molar-refractivity contribution in [2.24, 2.45) is 21.7 Å². The Morgan fingerprint density at radius 2 is 2.20 bits per heavy atom. The van der Waals surface area contributed by atoms with Crippen molar-refractivity contribution >= 4 is 17.9 Å². The second-order valence-electron chi connectivity index (χ2n) is 2.76. The molecule has 80 valence electrons. The Morgan fingerprint density at radius 1 is 1.47 bits per heavy atom. The lowest BCUT2D eigenvalue weighted by atomic mass is 10.2. The van der Waals surface area contributed by atoms with Gasteiger partial charge < -0.3 is 21.9 Å². The fraction of sp³-hybridized carbons (Fsp3) is 0.111. The van der Waals surface area contributed by atoms with E-state index in [1.54, 1.807) is 25.2 Å². The number of hydrogen-bond acceptors (Lipinski definition) is 4. The minimum absolute atomic E-state index is 0.108. The van der Waals surface area contributed by atoms with Gasteiger partial charge in [-0.2, -0.15) is 5.10 Å². The average molecular weight is 207 g/mol. The zero-order valence-electron chi connectivity index (χ0n) is 8.31. The van der Waals surface area contributed by atoms with E-state index in [0.29, 0.717) is 5.56 Å². The first-order valence-corrected chi connectivity index (χ1v) is 4.27. The van der Waals surface area contributed by atoms with Gasteiger partial charge in [0, 0.05) is 12.7 Å². The molecule has 0 aliphatic carbocycles. The van der Waals surface area contributed by atoms with Crippen molar-refractivity contribution in [1.82, 2.24) is 0 Å². The van der Waals surface area contributed by atoms with Crippen LogP contribution in [0.2, 0.25) is 0 Å². The molecular weight excluding hydrogens is 194 g/mol. The lowest BCUT2D eigenvalue weighted by molar-refractivity contribution is 0.475. The third-order valence-corrected chi connectivity index (χ3v) is 1.71. The van der Waals surface area contributed by atoms with Crippen LogP contribution in [0.25, 0.3) is 0 Å². The van der Waals surface area contributed by atoms with Crippen molar-refractivity contribution in [3.8, 4) is 5.75 Å². The van der Waals surface area contributed by atoms with Crippen molar-refractivity contribution in [3.05, 3.63) is 23.8 Å². The Kier molecular flexibility index (Phi) is 3.50. The maximum absolute atomic E-state index is 9.55. The SMILES string of the molecule is CNc1cccc(O)c1C=NN=C(N)N. The Hall–Kier alpha value is -2.24. The number of anilines is 1. The molecule has 0 aliphatic rings. The third-order valence-electron chi connectivity index (χ3n) is 1.71. The molecule has 6 heteroatoms. The van der Waals surface area contributed by atoms with Gasteiger partial charge in [-0.25, -0.2) is 0 Å². The number of phenols is 1. The molecule has 1 aromatic carbocycles. The van der Waals surface area contributed by atoms with Crippen LogP contribution >= 0.6 is 0 Å². The van der Waals surface area contributed by atoms with Crippen LogP contribution in [0.4, 0.5) is 5.69 Å². The quantitative estimate of drug-likeness (QED) is 0.319. The molecule has 0 aliphatic heterocycles. The van der Waals surface area contributed by atoms with Crippen LogP contribution in [0.15, 0.2) is 28.4 Å². The van der Waals surface area contributed by atoms with Crippen molar-refractivity contribution in [3.63, 3.8) is 0 Å². The average Bonchev–Trinajstić information content (AvgIpc) is 2.20. The van der Waals surface area contributed by atoms with Gasteiger partial charge in [-0.1, -0.05) is 6.07 Å². The van der Waals surface area contributed by atoms with E-state index in [9.17, 15) is 5.11 Å². The molecule has 0 radical (unpaired) electrons. The Balaban J connectivity index is 3.02. The highest BCUT2D eigenvalue weighted by Gasteiger charge is 2.02. The van der Waals surface area contributed by atoms with Crippen LogP contribution in [0, 0.1) is 0 Å². The molecule has 0 fully saturated rings. The standard InChI is InChI=1S/C9H13N5O/c1-12-7-3-2-4-8(15)6(7)5-13-14-9(10)11/h2-5,12,15H,1H3,(H4,10,11,14). The van der Waals surface area contributed by atoms with E-state index >= 15 is 0 Å². The Labute approximate surface area is 87.3 Å². The topological polar surface area (TPSA) is 109 Å². The fourth-order valence-electron chi connectivity index (χ4n) is 1.06. The molecule has 1 aromatic rings. The van der Waals surface area contributed by atoms with Crippen molar-refractivity contribution < 1.29 is 5.11 Å². The summed E-state index contributed by atoms with van der Waals surface area (Å²) in [6.07, 6.45) is 1.38. The first kappa shape index (κ1) is 10.8. The number of phenolic OH excluding ortho intramolecular Hbond substituents is 1. The highest BCUT2D eigenvalue weighted by molar-refractivity contribution is 5.91. The molecular formula is C9H13N5O. The normalized spacial score (nSPS) is 10.2. The molecule has 0 saturated carbocycles. The Morgan fingerprint density at radius 3 is 2.80 bits per heavy atom. The van der Waals surface area contributed by atoms with E-state index in [2.05, 4.69) is 15.5 Å². The van der Waals surface area contributed by atoms with Gasteiger partial charge in [0.15, 0.2) is 0 Å². The number of aromatic hydroxyl groups is 1. The predicted octanol–water partition coefficient (Wildman–Crippen LogP) is 0.0412. The van der Waals surface area contributed by atoms with Gasteiger partial charge >= 0.3 is 0 Å². The molecule has 0 spiro atoms. The lowest BCUT2D eigenvalue weighted by Crippen LogP contribution is -2.21. The summed E-state index contributed by atoms with van der Waals surface area (Å²) in [5.41, 5.74) is 11.5. The summed E-state index contributed by atoms with van der Waals surface area (Å²) >= 11 is 0. The predicted molar refractivity (Wildman–Crippen MR) is 61.1 cm³/mol. The molecule has 0 heterocycles.